The number of nitrogens with one attached hydrogen (secondary N) is 1. The van der Waals surface area contributed by atoms with E-state index in [1.54, 1.807) is 0 Å². The van der Waals surface area contributed by atoms with Crippen molar-refractivity contribution in [3.05, 3.63) is 52.1 Å². The van der Waals surface area contributed by atoms with E-state index in [2.05, 4.69) is 15.3 Å². The Hall–Kier alpha value is -1.72. The van der Waals surface area contributed by atoms with Gasteiger partial charge in [-0.2, -0.15) is 0 Å². The molecule has 1 aromatic carbocycles. The molecule has 0 aliphatic heterocycles. The molecule has 92 valence electrons. The van der Waals surface area contributed by atoms with Crippen molar-refractivity contribution < 1.29 is 9.18 Å². The van der Waals surface area contributed by atoms with Gasteiger partial charge in [0.05, 0.1) is 18.0 Å². The van der Waals surface area contributed by atoms with Gasteiger partial charge in [0, 0.05) is 5.02 Å². The zero-order chi connectivity index (χ0) is 13.1. The number of carbonyl (C=O) groups excluding carboxylic acids is 1. The van der Waals surface area contributed by atoms with Crippen LogP contribution in [0.2, 0.25) is 10.2 Å². The maximum absolute atomic E-state index is 13.4. The fourth-order valence-corrected chi connectivity index (χ4v) is 1.50. The smallest absolute Gasteiger partial charge is 0.259 e. The molecule has 1 N–H and O–H groups in total. The zero-order valence-corrected chi connectivity index (χ0v) is 10.3. The molecule has 1 amide bonds. The normalized spacial score (nSPS) is 10.2. The molecule has 0 spiro atoms. The molecule has 4 nitrogen and oxygen atoms in total. The minimum atomic E-state index is -0.668. The second-order valence-electron chi connectivity index (χ2n) is 3.30. The molecule has 0 aliphatic carbocycles. The van der Waals surface area contributed by atoms with Gasteiger partial charge < -0.3 is 5.32 Å². The Bertz CT molecular complexity index is 589. The van der Waals surface area contributed by atoms with Crippen LogP contribution in [0.3, 0.4) is 0 Å². The highest BCUT2D eigenvalue weighted by atomic mass is 35.5. The van der Waals surface area contributed by atoms with Gasteiger partial charge in [-0.3, -0.25) is 4.79 Å². The molecule has 0 atom stereocenters. The van der Waals surface area contributed by atoms with E-state index in [-0.39, 0.29) is 21.6 Å². The average molecular weight is 286 g/mol. The first-order valence-corrected chi connectivity index (χ1v) is 5.56. The number of anilines is 1. The second-order valence-corrected chi connectivity index (χ2v) is 4.13. The molecule has 0 aliphatic rings. The second kappa shape index (κ2) is 5.29. The Morgan fingerprint density at radius 2 is 2.00 bits per heavy atom. The first-order chi connectivity index (χ1) is 8.56. The Labute approximate surface area is 112 Å². The van der Waals surface area contributed by atoms with Crippen LogP contribution in [0, 0.1) is 5.82 Å². The van der Waals surface area contributed by atoms with Crippen LogP contribution < -0.4 is 5.32 Å². The van der Waals surface area contributed by atoms with Crippen molar-refractivity contribution in [2.75, 3.05) is 5.32 Å². The molecule has 0 fully saturated rings. The summed E-state index contributed by atoms with van der Waals surface area (Å²) in [6.45, 7) is 0. The van der Waals surface area contributed by atoms with E-state index in [1.807, 2.05) is 0 Å². The Morgan fingerprint density at radius 1 is 1.22 bits per heavy atom. The highest BCUT2D eigenvalue weighted by molar-refractivity contribution is 6.31. The van der Waals surface area contributed by atoms with Crippen LogP contribution in [-0.2, 0) is 0 Å². The maximum atomic E-state index is 13.4. The van der Waals surface area contributed by atoms with Crippen molar-refractivity contribution >= 4 is 34.9 Å². The summed E-state index contributed by atoms with van der Waals surface area (Å²) in [6.07, 6.45) is 2.54. The van der Waals surface area contributed by atoms with Crippen LogP contribution in [0.5, 0.6) is 0 Å². The predicted octanol–water partition coefficient (Wildman–Crippen LogP) is 3.17. The number of halogens is 3. The number of aromatic nitrogens is 2. The summed E-state index contributed by atoms with van der Waals surface area (Å²) < 4.78 is 13.4. The number of amides is 1. The summed E-state index contributed by atoms with van der Waals surface area (Å²) in [4.78, 5) is 19.3. The van der Waals surface area contributed by atoms with Crippen LogP contribution >= 0.6 is 23.2 Å². The van der Waals surface area contributed by atoms with Crippen molar-refractivity contribution in [3.63, 3.8) is 0 Å². The van der Waals surface area contributed by atoms with E-state index in [9.17, 15) is 9.18 Å². The zero-order valence-electron chi connectivity index (χ0n) is 8.82. The van der Waals surface area contributed by atoms with Crippen molar-refractivity contribution in [1.82, 2.24) is 9.97 Å². The third-order valence-corrected chi connectivity index (χ3v) is 2.47. The van der Waals surface area contributed by atoms with Gasteiger partial charge in [0.2, 0.25) is 0 Å². The number of hydrogen-bond acceptors (Lipinski definition) is 3. The summed E-state index contributed by atoms with van der Waals surface area (Å²) >= 11 is 11.2. The molecule has 1 aromatic heterocycles. The SMILES string of the molecule is O=C(Nc1cnc(Cl)cn1)c1cc(Cl)ccc1F. The Kier molecular flexibility index (Phi) is 3.74. The lowest BCUT2D eigenvalue weighted by Gasteiger charge is -2.05. The average Bonchev–Trinajstić information content (AvgIpc) is 2.35. The number of nitrogens with zero attached hydrogens (tertiary/aromatic N) is 2. The van der Waals surface area contributed by atoms with Crippen molar-refractivity contribution in [1.29, 1.82) is 0 Å². The molecular formula is C11H6Cl2FN3O. The number of carbonyl (C=O) groups is 1. The lowest BCUT2D eigenvalue weighted by molar-refractivity contribution is 0.102. The summed E-state index contributed by atoms with van der Waals surface area (Å²) in [7, 11) is 0. The lowest BCUT2D eigenvalue weighted by atomic mass is 10.2. The van der Waals surface area contributed by atoms with Crippen LogP contribution in [-0.4, -0.2) is 15.9 Å². The molecule has 18 heavy (non-hydrogen) atoms. The summed E-state index contributed by atoms with van der Waals surface area (Å²) in [5.74, 6) is -1.16. The summed E-state index contributed by atoms with van der Waals surface area (Å²) in [6, 6.07) is 3.70. The van der Waals surface area contributed by atoms with Gasteiger partial charge in [0.15, 0.2) is 5.82 Å². The first-order valence-electron chi connectivity index (χ1n) is 4.80. The van der Waals surface area contributed by atoms with E-state index in [4.69, 9.17) is 23.2 Å². The summed E-state index contributed by atoms with van der Waals surface area (Å²) in [5, 5.41) is 2.85. The molecule has 1 heterocycles. The van der Waals surface area contributed by atoms with Gasteiger partial charge in [0.25, 0.3) is 5.91 Å². The third kappa shape index (κ3) is 2.94. The number of benzene rings is 1. The fraction of sp³-hybridized carbons (Fsp3) is 0. The lowest BCUT2D eigenvalue weighted by Crippen LogP contribution is -2.14. The molecule has 2 rings (SSSR count). The van der Waals surface area contributed by atoms with Crippen LogP contribution in [0.15, 0.2) is 30.6 Å². The minimum absolute atomic E-state index is 0.167. The quantitative estimate of drug-likeness (QED) is 0.922. The van der Waals surface area contributed by atoms with Gasteiger partial charge in [-0.05, 0) is 18.2 Å². The molecule has 7 heteroatoms. The highest BCUT2D eigenvalue weighted by Crippen LogP contribution is 2.16. The molecule has 0 bridgehead atoms. The highest BCUT2D eigenvalue weighted by Gasteiger charge is 2.13. The Morgan fingerprint density at radius 3 is 2.67 bits per heavy atom. The van der Waals surface area contributed by atoms with Crippen LogP contribution in [0.1, 0.15) is 10.4 Å². The third-order valence-electron chi connectivity index (χ3n) is 2.03. The van der Waals surface area contributed by atoms with Crippen LogP contribution in [0.4, 0.5) is 10.2 Å². The summed E-state index contributed by atoms with van der Waals surface area (Å²) in [5.41, 5.74) is -0.167. The Balaban J connectivity index is 2.21. The van der Waals surface area contributed by atoms with Gasteiger partial charge in [-0.1, -0.05) is 23.2 Å². The van der Waals surface area contributed by atoms with E-state index < -0.39 is 11.7 Å². The van der Waals surface area contributed by atoms with Crippen molar-refractivity contribution in [3.8, 4) is 0 Å². The van der Waals surface area contributed by atoms with Crippen molar-refractivity contribution in [2.45, 2.75) is 0 Å². The predicted molar refractivity (Wildman–Crippen MR) is 66.4 cm³/mol. The molecule has 0 radical (unpaired) electrons. The molecular weight excluding hydrogens is 280 g/mol. The molecule has 0 unspecified atom stereocenters. The first kappa shape index (κ1) is 12.7. The van der Waals surface area contributed by atoms with E-state index in [0.717, 1.165) is 6.07 Å². The van der Waals surface area contributed by atoms with E-state index in [1.165, 1.54) is 24.5 Å². The fourth-order valence-electron chi connectivity index (χ4n) is 1.23. The van der Waals surface area contributed by atoms with Gasteiger partial charge in [-0.25, -0.2) is 14.4 Å². The minimum Gasteiger partial charge on any atom is -0.305 e. The van der Waals surface area contributed by atoms with Gasteiger partial charge >= 0.3 is 0 Å². The van der Waals surface area contributed by atoms with E-state index in [0.29, 0.717) is 0 Å². The molecule has 0 saturated heterocycles. The number of rotatable bonds is 2. The monoisotopic (exact) mass is 285 g/mol. The largest absolute Gasteiger partial charge is 0.305 e. The van der Waals surface area contributed by atoms with Gasteiger partial charge in [0.1, 0.15) is 11.0 Å². The molecule has 2 aromatic rings. The standard InChI is InChI=1S/C11H6Cl2FN3O/c12-6-1-2-8(14)7(3-6)11(18)17-10-5-15-9(13)4-16-10/h1-5H,(H,16,17,18). The van der Waals surface area contributed by atoms with Gasteiger partial charge in [-0.15, -0.1) is 0 Å². The molecule has 0 saturated carbocycles. The van der Waals surface area contributed by atoms with Crippen LogP contribution in [0.25, 0.3) is 0 Å². The van der Waals surface area contributed by atoms with Crippen molar-refractivity contribution in [2.24, 2.45) is 0 Å². The topological polar surface area (TPSA) is 54.9 Å². The number of hydrogen-bond donors (Lipinski definition) is 1. The van der Waals surface area contributed by atoms with E-state index >= 15 is 0 Å². The maximum Gasteiger partial charge on any atom is 0.259 e.